The Morgan fingerprint density at radius 2 is 1.76 bits per heavy atom. The van der Waals surface area contributed by atoms with Crippen molar-refractivity contribution in [2.45, 2.75) is 24.8 Å². The summed E-state index contributed by atoms with van der Waals surface area (Å²) in [6.07, 6.45) is -0.305. The lowest BCUT2D eigenvalue weighted by Gasteiger charge is -2.27. The lowest BCUT2D eigenvalue weighted by atomic mass is 9.87. The molecule has 0 heterocycles. The van der Waals surface area contributed by atoms with E-state index in [-0.39, 0.29) is 19.3 Å². The van der Waals surface area contributed by atoms with E-state index in [1.807, 2.05) is 6.07 Å². The quantitative estimate of drug-likeness (QED) is 0.588. The number of carboxylic acids is 2. The molecule has 0 aliphatic carbocycles. The molecule has 3 N–H and O–H groups in total. The number of quaternary nitrogens is 1. The molecule has 1 aromatic rings. The number of hydrogen-bond donors (Lipinski definition) is 1. The third kappa shape index (κ3) is 3.88. The fourth-order valence-electron chi connectivity index (χ4n) is 1.59. The van der Waals surface area contributed by atoms with Crippen molar-refractivity contribution in [3.63, 3.8) is 0 Å². The van der Waals surface area contributed by atoms with E-state index in [2.05, 4.69) is 5.73 Å². The molecule has 0 saturated heterocycles. The Morgan fingerprint density at radius 3 is 2.24 bits per heavy atom. The summed E-state index contributed by atoms with van der Waals surface area (Å²) >= 11 is 0. The summed E-state index contributed by atoms with van der Waals surface area (Å²) in [5.41, 5.74) is 2.94. The standard InChI is InChI=1S/C12H15NO4/c13-12(11(16)17,7-6-10(14)15)8-9-4-2-1-3-5-9/h1-5H,6-8,13H2,(H,14,15)(H,16,17)/p-1/t12-/m1/s1. The number of rotatable bonds is 6. The first-order valence-electron chi connectivity index (χ1n) is 5.24. The van der Waals surface area contributed by atoms with Crippen LogP contribution in [0.4, 0.5) is 0 Å². The fourth-order valence-corrected chi connectivity index (χ4v) is 1.59. The van der Waals surface area contributed by atoms with E-state index < -0.39 is 17.5 Å². The molecule has 0 aliphatic rings. The third-order valence-electron chi connectivity index (χ3n) is 2.63. The Bertz CT molecular complexity index is 404. The van der Waals surface area contributed by atoms with E-state index in [0.29, 0.717) is 0 Å². The SMILES string of the molecule is [NH3+][C@](CCC(=O)[O-])(Cc1ccccc1)C(=O)[O-]. The van der Waals surface area contributed by atoms with E-state index in [0.717, 1.165) is 5.56 Å². The lowest BCUT2D eigenvalue weighted by Crippen LogP contribution is -2.80. The number of aliphatic carboxylic acids is 2. The number of hydrogen-bond acceptors (Lipinski definition) is 4. The van der Waals surface area contributed by atoms with Gasteiger partial charge in [0.05, 0.1) is 0 Å². The van der Waals surface area contributed by atoms with Gasteiger partial charge in [-0.1, -0.05) is 30.3 Å². The van der Waals surface area contributed by atoms with Crippen LogP contribution in [0.3, 0.4) is 0 Å². The topological polar surface area (TPSA) is 108 Å². The van der Waals surface area contributed by atoms with Crippen molar-refractivity contribution in [2.24, 2.45) is 0 Å². The predicted octanol–water partition coefficient (Wildman–Crippen LogP) is -2.51. The molecule has 1 aromatic carbocycles. The summed E-state index contributed by atoms with van der Waals surface area (Å²) in [7, 11) is 0. The molecule has 0 saturated carbocycles. The zero-order valence-electron chi connectivity index (χ0n) is 9.35. The highest BCUT2D eigenvalue weighted by atomic mass is 16.4. The van der Waals surface area contributed by atoms with Crippen molar-refractivity contribution in [3.05, 3.63) is 35.9 Å². The molecule has 1 rings (SSSR count). The predicted molar refractivity (Wildman–Crippen MR) is 55.0 cm³/mol. The Kier molecular flexibility index (Phi) is 4.23. The Labute approximate surface area is 98.9 Å². The van der Waals surface area contributed by atoms with Gasteiger partial charge in [-0.2, -0.15) is 0 Å². The molecule has 0 fully saturated rings. The summed E-state index contributed by atoms with van der Waals surface area (Å²) in [5, 5.41) is 21.4. The van der Waals surface area contributed by atoms with Gasteiger partial charge in [0, 0.05) is 18.8 Å². The van der Waals surface area contributed by atoms with Gasteiger partial charge in [-0.15, -0.1) is 0 Å². The Balaban J connectivity index is 2.78. The molecule has 5 nitrogen and oxygen atoms in total. The van der Waals surface area contributed by atoms with E-state index >= 15 is 0 Å². The molecule has 92 valence electrons. The molecule has 5 heteroatoms. The average Bonchev–Trinajstić information content (AvgIpc) is 2.27. The number of benzene rings is 1. The minimum absolute atomic E-state index is 0.105. The van der Waals surface area contributed by atoms with Crippen LogP contribution in [0.25, 0.3) is 0 Å². The van der Waals surface area contributed by atoms with Crippen molar-refractivity contribution in [1.82, 2.24) is 0 Å². The van der Waals surface area contributed by atoms with Gasteiger partial charge in [0.15, 0.2) is 0 Å². The molecule has 0 aliphatic heterocycles. The highest BCUT2D eigenvalue weighted by Crippen LogP contribution is 2.14. The smallest absolute Gasteiger partial charge is 0.139 e. The van der Waals surface area contributed by atoms with Gasteiger partial charge < -0.3 is 25.5 Å². The van der Waals surface area contributed by atoms with E-state index in [4.69, 9.17) is 0 Å². The van der Waals surface area contributed by atoms with Gasteiger partial charge in [0.1, 0.15) is 11.5 Å². The lowest BCUT2D eigenvalue weighted by molar-refractivity contribution is -0.487. The molecule has 0 aromatic heterocycles. The van der Waals surface area contributed by atoms with Crippen LogP contribution in [-0.4, -0.2) is 17.5 Å². The van der Waals surface area contributed by atoms with Gasteiger partial charge >= 0.3 is 0 Å². The monoisotopic (exact) mass is 236 g/mol. The van der Waals surface area contributed by atoms with Crippen molar-refractivity contribution in [2.75, 3.05) is 0 Å². The second kappa shape index (κ2) is 5.45. The molecule has 1 atom stereocenters. The van der Waals surface area contributed by atoms with Crippen LogP contribution in [-0.2, 0) is 16.0 Å². The van der Waals surface area contributed by atoms with Crippen LogP contribution in [0, 0.1) is 0 Å². The molecular weight excluding hydrogens is 222 g/mol. The van der Waals surface area contributed by atoms with Gasteiger partial charge in [-0.05, 0) is 12.0 Å². The molecule has 0 amide bonds. The highest BCUT2D eigenvalue weighted by molar-refractivity contribution is 5.76. The number of carbonyl (C=O) groups excluding carboxylic acids is 2. The third-order valence-corrected chi connectivity index (χ3v) is 2.63. The van der Waals surface area contributed by atoms with Crippen LogP contribution in [0.2, 0.25) is 0 Å². The van der Waals surface area contributed by atoms with Crippen LogP contribution in [0.1, 0.15) is 18.4 Å². The van der Waals surface area contributed by atoms with Gasteiger partial charge in [-0.25, -0.2) is 0 Å². The van der Waals surface area contributed by atoms with Gasteiger partial charge in [-0.3, -0.25) is 0 Å². The maximum Gasteiger partial charge on any atom is 0.139 e. The van der Waals surface area contributed by atoms with Crippen LogP contribution in [0.5, 0.6) is 0 Å². The van der Waals surface area contributed by atoms with E-state index in [1.54, 1.807) is 24.3 Å². The van der Waals surface area contributed by atoms with Crippen LogP contribution < -0.4 is 15.9 Å². The van der Waals surface area contributed by atoms with Gasteiger partial charge in [0.25, 0.3) is 0 Å². The summed E-state index contributed by atoms with van der Waals surface area (Å²) in [6.45, 7) is 0. The van der Waals surface area contributed by atoms with Crippen LogP contribution >= 0.6 is 0 Å². The highest BCUT2D eigenvalue weighted by Gasteiger charge is 2.31. The van der Waals surface area contributed by atoms with E-state index in [1.165, 1.54) is 0 Å². The minimum atomic E-state index is -1.43. The van der Waals surface area contributed by atoms with Crippen molar-refractivity contribution < 1.29 is 25.5 Å². The minimum Gasteiger partial charge on any atom is -0.550 e. The summed E-state index contributed by atoms with van der Waals surface area (Å²) < 4.78 is 0. The summed E-state index contributed by atoms with van der Waals surface area (Å²) in [5.74, 6) is -2.63. The summed E-state index contributed by atoms with van der Waals surface area (Å²) in [4.78, 5) is 21.4. The van der Waals surface area contributed by atoms with Crippen molar-refractivity contribution >= 4 is 11.9 Å². The Hall–Kier alpha value is -1.88. The Morgan fingerprint density at radius 1 is 1.18 bits per heavy atom. The van der Waals surface area contributed by atoms with Gasteiger partial charge in [0.2, 0.25) is 0 Å². The first kappa shape index (κ1) is 13.2. The molecular formula is C12H14NO4-. The zero-order chi connectivity index (χ0) is 12.9. The molecule has 0 bridgehead atoms. The maximum absolute atomic E-state index is 11.1. The second-order valence-electron chi connectivity index (χ2n) is 4.10. The first-order valence-corrected chi connectivity index (χ1v) is 5.24. The van der Waals surface area contributed by atoms with Crippen molar-refractivity contribution in [3.8, 4) is 0 Å². The fraction of sp³-hybridized carbons (Fsp3) is 0.333. The number of carbonyl (C=O) groups is 2. The van der Waals surface area contributed by atoms with Crippen LogP contribution in [0.15, 0.2) is 30.3 Å². The van der Waals surface area contributed by atoms with E-state index in [9.17, 15) is 19.8 Å². The molecule has 17 heavy (non-hydrogen) atoms. The number of carboxylic acid groups (broad SMARTS) is 2. The zero-order valence-corrected chi connectivity index (χ0v) is 9.35. The molecule has 0 unspecified atom stereocenters. The summed E-state index contributed by atoms with van der Waals surface area (Å²) in [6, 6.07) is 8.91. The molecule has 0 radical (unpaired) electrons. The second-order valence-corrected chi connectivity index (χ2v) is 4.10. The normalized spacial score (nSPS) is 13.9. The molecule has 0 spiro atoms. The largest absolute Gasteiger partial charge is 0.550 e. The maximum atomic E-state index is 11.1. The average molecular weight is 236 g/mol. The first-order chi connectivity index (χ1) is 7.94. The van der Waals surface area contributed by atoms with Crippen molar-refractivity contribution in [1.29, 1.82) is 0 Å².